The maximum atomic E-state index is 4.52. The van der Waals surface area contributed by atoms with Crippen molar-refractivity contribution in [3.63, 3.8) is 0 Å². The van der Waals surface area contributed by atoms with E-state index in [1.807, 2.05) is 24.5 Å². The molecule has 3 aromatic rings. The number of aromatic nitrogens is 2. The zero-order valence-electron chi connectivity index (χ0n) is 15.4. The number of fused-ring (bicyclic) bond motifs is 1. The van der Waals surface area contributed by atoms with Crippen LogP contribution >= 0.6 is 0 Å². The number of piperazine rings is 1. The van der Waals surface area contributed by atoms with E-state index in [-0.39, 0.29) is 0 Å². The van der Waals surface area contributed by atoms with Gasteiger partial charge in [0.1, 0.15) is 0 Å². The zero-order valence-corrected chi connectivity index (χ0v) is 15.4. The fraction of sp³-hybridized carbons (Fsp3) is 0.364. The van der Waals surface area contributed by atoms with Gasteiger partial charge in [-0.25, -0.2) is 0 Å². The molecule has 1 saturated heterocycles. The third-order valence-electron chi connectivity index (χ3n) is 5.24. The molecule has 1 fully saturated rings. The van der Waals surface area contributed by atoms with Crippen molar-refractivity contribution in [2.75, 3.05) is 37.6 Å². The molecule has 0 unspecified atom stereocenters. The second-order valence-electron chi connectivity index (χ2n) is 6.96. The average Bonchev–Trinajstić information content (AvgIpc) is 2.72. The topological polar surface area (TPSA) is 32.3 Å². The Morgan fingerprint density at radius 1 is 0.885 bits per heavy atom. The van der Waals surface area contributed by atoms with Crippen molar-refractivity contribution in [1.29, 1.82) is 0 Å². The molecule has 134 valence electrons. The standard InChI is InChI=1S/C22H26N4/c1-2-3-13-25-14-16-26(17-15-25)19-8-6-18(7-9-19)20-10-12-23-21-5-4-11-24-22(20)21/h4-12H,2-3,13-17H2,1H3. The summed E-state index contributed by atoms with van der Waals surface area (Å²) in [7, 11) is 0. The monoisotopic (exact) mass is 346 g/mol. The summed E-state index contributed by atoms with van der Waals surface area (Å²) in [5.41, 5.74) is 5.56. The highest BCUT2D eigenvalue weighted by Gasteiger charge is 2.16. The highest BCUT2D eigenvalue weighted by molar-refractivity contribution is 5.91. The summed E-state index contributed by atoms with van der Waals surface area (Å²) >= 11 is 0. The van der Waals surface area contributed by atoms with E-state index >= 15 is 0 Å². The van der Waals surface area contributed by atoms with Gasteiger partial charge < -0.3 is 4.90 Å². The van der Waals surface area contributed by atoms with Crippen molar-refractivity contribution in [3.8, 4) is 11.1 Å². The molecule has 1 aromatic carbocycles. The number of hydrogen-bond donors (Lipinski definition) is 0. The number of pyridine rings is 2. The molecule has 4 nitrogen and oxygen atoms in total. The Kier molecular flexibility index (Phi) is 5.12. The Balaban J connectivity index is 1.49. The third-order valence-corrected chi connectivity index (χ3v) is 5.24. The number of hydrogen-bond acceptors (Lipinski definition) is 4. The van der Waals surface area contributed by atoms with E-state index in [0.717, 1.165) is 29.7 Å². The molecule has 0 spiro atoms. The van der Waals surface area contributed by atoms with Gasteiger partial charge in [-0.1, -0.05) is 25.5 Å². The van der Waals surface area contributed by atoms with Crippen molar-refractivity contribution in [3.05, 3.63) is 54.9 Å². The number of rotatable bonds is 5. The first kappa shape index (κ1) is 17.0. The molecule has 0 atom stereocenters. The second kappa shape index (κ2) is 7.83. The van der Waals surface area contributed by atoms with Crippen LogP contribution in [-0.2, 0) is 0 Å². The Hall–Kier alpha value is -2.46. The first-order valence-electron chi connectivity index (χ1n) is 9.62. The van der Waals surface area contributed by atoms with Gasteiger partial charge in [0.15, 0.2) is 0 Å². The normalized spacial score (nSPS) is 15.5. The predicted octanol–water partition coefficient (Wildman–Crippen LogP) is 4.22. The van der Waals surface area contributed by atoms with E-state index < -0.39 is 0 Å². The highest BCUT2D eigenvalue weighted by Crippen LogP contribution is 2.28. The van der Waals surface area contributed by atoms with Crippen LogP contribution in [0.5, 0.6) is 0 Å². The quantitative estimate of drug-likeness (QED) is 0.692. The number of unbranched alkanes of at least 4 members (excludes halogenated alkanes) is 1. The number of nitrogens with zero attached hydrogens (tertiary/aromatic N) is 4. The Bertz CT molecular complexity index is 846. The molecule has 26 heavy (non-hydrogen) atoms. The van der Waals surface area contributed by atoms with Gasteiger partial charge in [0.05, 0.1) is 11.0 Å². The van der Waals surface area contributed by atoms with Gasteiger partial charge in [0.2, 0.25) is 0 Å². The van der Waals surface area contributed by atoms with Crippen LogP contribution in [0, 0.1) is 0 Å². The minimum atomic E-state index is 0.942. The summed E-state index contributed by atoms with van der Waals surface area (Å²) in [6, 6.07) is 14.9. The lowest BCUT2D eigenvalue weighted by molar-refractivity contribution is 0.254. The molecule has 1 aliphatic heterocycles. The molecule has 0 amide bonds. The Morgan fingerprint density at radius 3 is 2.46 bits per heavy atom. The van der Waals surface area contributed by atoms with Crippen LogP contribution in [0.4, 0.5) is 5.69 Å². The molecule has 3 heterocycles. The van der Waals surface area contributed by atoms with Gasteiger partial charge in [-0.05, 0) is 48.9 Å². The van der Waals surface area contributed by atoms with Gasteiger partial charge in [-0.3, -0.25) is 14.9 Å². The Morgan fingerprint density at radius 2 is 1.69 bits per heavy atom. The summed E-state index contributed by atoms with van der Waals surface area (Å²) in [5, 5.41) is 0. The molecule has 0 bridgehead atoms. The lowest BCUT2D eigenvalue weighted by atomic mass is 10.0. The van der Waals surface area contributed by atoms with Gasteiger partial charge in [-0.2, -0.15) is 0 Å². The van der Waals surface area contributed by atoms with Crippen LogP contribution in [0.25, 0.3) is 22.2 Å². The van der Waals surface area contributed by atoms with Crippen LogP contribution in [0.15, 0.2) is 54.9 Å². The summed E-state index contributed by atoms with van der Waals surface area (Å²) in [6.07, 6.45) is 6.28. The molecule has 0 N–H and O–H groups in total. The van der Waals surface area contributed by atoms with E-state index in [1.54, 1.807) is 0 Å². The van der Waals surface area contributed by atoms with Crippen molar-refractivity contribution in [2.24, 2.45) is 0 Å². The summed E-state index contributed by atoms with van der Waals surface area (Å²) < 4.78 is 0. The van der Waals surface area contributed by atoms with Gasteiger partial charge in [0, 0.05) is 49.8 Å². The van der Waals surface area contributed by atoms with Crippen molar-refractivity contribution < 1.29 is 0 Å². The molecule has 0 saturated carbocycles. The van der Waals surface area contributed by atoms with E-state index in [1.165, 1.54) is 43.7 Å². The SMILES string of the molecule is CCCCN1CCN(c2ccc(-c3ccnc4cccnc34)cc2)CC1. The Labute approximate surface area is 155 Å². The first-order valence-corrected chi connectivity index (χ1v) is 9.62. The van der Waals surface area contributed by atoms with Crippen molar-refractivity contribution in [2.45, 2.75) is 19.8 Å². The zero-order chi connectivity index (χ0) is 17.8. The first-order chi connectivity index (χ1) is 12.8. The average molecular weight is 346 g/mol. The number of anilines is 1. The highest BCUT2D eigenvalue weighted by atomic mass is 15.3. The summed E-state index contributed by atoms with van der Waals surface area (Å²) in [5.74, 6) is 0. The summed E-state index contributed by atoms with van der Waals surface area (Å²) in [6.45, 7) is 8.07. The molecular formula is C22H26N4. The van der Waals surface area contributed by atoms with Crippen LogP contribution in [0.2, 0.25) is 0 Å². The van der Waals surface area contributed by atoms with Crippen LogP contribution in [-0.4, -0.2) is 47.6 Å². The lowest BCUT2D eigenvalue weighted by Gasteiger charge is -2.36. The molecule has 2 aromatic heterocycles. The van der Waals surface area contributed by atoms with E-state index in [0.29, 0.717) is 0 Å². The van der Waals surface area contributed by atoms with Gasteiger partial charge >= 0.3 is 0 Å². The van der Waals surface area contributed by atoms with E-state index in [9.17, 15) is 0 Å². The van der Waals surface area contributed by atoms with Crippen LogP contribution < -0.4 is 4.90 Å². The lowest BCUT2D eigenvalue weighted by Crippen LogP contribution is -2.46. The fourth-order valence-electron chi connectivity index (χ4n) is 3.68. The third kappa shape index (κ3) is 3.56. The number of benzene rings is 1. The van der Waals surface area contributed by atoms with Crippen LogP contribution in [0.1, 0.15) is 19.8 Å². The van der Waals surface area contributed by atoms with Gasteiger partial charge in [-0.15, -0.1) is 0 Å². The predicted molar refractivity (Wildman–Crippen MR) is 109 cm³/mol. The maximum Gasteiger partial charge on any atom is 0.0964 e. The summed E-state index contributed by atoms with van der Waals surface area (Å²) in [4.78, 5) is 14.0. The van der Waals surface area contributed by atoms with Crippen LogP contribution in [0.3, 0.4) is 0 Å². The minimum absolute atomic E-state index is 0.942. The molecular weight excluding hydrogens is 320 g/mol. The van der Waals surface area contributed by atoms with E-state index in [4.69, 9.17) is 0 Å². The molecule has 1 aliphatic rings. The van der Waals surface area contributed by atoms with E-state index in [2.05, 4.69) is 57.0 Å². The van der Waals surface area contributed by atoms with Gasteiger partial charge in [0.25, 0.3) is 0 Å². The largest absolute Gasteiger partial charge is 0.369 e. The molecule has 4 rings (SSSR count). The molecule has 0 aliphatic carbocycles. The van der Waals surface area contributed by atoms with Crippen molar-refractivity contribution in [1.82, 2.24) is 14.9 Å². The smallest absolute Gasteiger partial charge is 0.0964 e. The van der Waals surface area contributed by atoms with Crippen molar-refractivity contribution >= 4 is 16.7 Å². The molecule has 0 radical (unpaired) electrons. The minimum Gasteiger partial charge on any atom is -0.369 e. The fourth-order valence-corrected chi connectivity index (χ4v) is 3.68. The molecule has 4 heteroatoms. The maximum absolute atomic E-state index is 4.52. The second-order valence-corrected chi connectivity index (χ2v) is 6.96.